The summed E-state index contributed by atoms with van der Waals surface area (Å²) in [5.74, 6) is 2.88. The molecule has 0 fully saturated rings. The van der Waals surface area contributed by atoms with E-state index in [0.29, 0.717) is 24.9 Å². The SMILES string of the molecule is COc1ccc(OCCN(C)Cc2nc(-c3cccs3)no2)cc1. The standard InChI is InChI=1S/C17H19N3O3S/c1-20(9-10-22-14-7-5-13(21-2)6-8-14)12-16-18-17(19-23-16)15-4-3-11-24-15/h3-8,11H,9-10,12H2,1-2H3. The first-order chi connectivity index (χ1) is 11.7. The largest absolute Gasteiger partial charge is 0.497 e. The maximum absolute atomic E-state index is 5.72. The van der Waals surface area contributed by atoms with Gasteiger partial charge in [-0.1, -0.05) is 11.2 Å². The van der Waals surface area contributed by atoms with E-state index in [-0.39, 0.29) is 0 Å². The van der Waals surface area contributed by atoms with Crippen molar-refractivity contribution < 1.29 is 14.0 Å². The molecule has 24 heavy (non-hydrogen) atoms. The van der Waals surface area contributed by atoms with Crippen LogP contribution in [0.1, 0.15) is 5.89 Å². The van der Waals surface area contributed by atoms with Crippen molar-refractivity contribution in [3.63, 3.8) is 0 Å². The number of benzene rings is 1. The Labute approximate surface area is 144 Å². The van der Waals surface area contributed by atoms with Gasteiger partial charge in [0.15, 0.2) is 0 Å². The average molecular weight is 345 g/mol. The van der Waals surface area contributed by atoms with Crippen LogP contribution in [0.2, 0.25) is 0 Å². The second-order valence-electron chi connectivity index (χ2n) is 5.25. The lowest BCUT2D eigenvalue weighted by molar-refractivity contribution is 0.212. The number of hydrogen-bond acceptors (Lipinski definition) is 7. The van der Waals surface area contributed by atoms with E-state index in [4.69, 9.17) is 14.0 Å². The van der Waals surface area contributed by atoms with E-state index in [1.54, 1.807) is 18.4 Å². The van der Waals surface area contributed by atoms with Crippen LogP contribution in [-0.2, 0) is 6.54 Å². The highest BCUT2D eigenvalue weighted by molar-refractivity contribution is 7.13. The Morgan fingerprint density at radius 2 is 1.96 bits per heavy atom. The lowest BCUT2D eigenvalue weighted by Crippen LogP contribution is -2.24. The van der Waals surface area contributed by atoms with Gasteiger partial charge in [0.05, 0.1) is 18.5 Å². The molecule has 3 aromatic rings. The number of thiophene rings is 1. The van der Waals surface area contributed by atoms with Crippen LogP contribution in [0.15, 0.2) is 46.3 Å². The topological polar surface area (TPSA) is 60.6 Å². The van der Waals surface area contributed by atoms with Gasteiger partial charge in [-0.3, -0.25) is 4.90 Å². The van der Waals surface area contributed by atoms with Crippen LogP contribution in [0.4, 0.5) is 0 Å². The van der Waals surface area contributed by atoms with Gasteiger partial charge in [0.1, 0.15) is 18.1 Å². The van der Waals surface area contributed by atoms with E-state index in [9.17, 15) is 0 Å². The Hall–Kier alpha value is -2.38. The van der Waals surface area contributed by atoms with E-state index < -0.39 is 0 Å². The molecule has 0 N–H and O–H groups in total. The number of nitrogens with zero attached hydrogens (tertiary/aromatic N) is 3. The van der Waals surface area contributed by atoms with Gasteiger partial charge in [0.2, 0.25) is 11.7 Å². The molecule has 0 aliphatic heterocycles. The second-order valence-corrected chi connectivity index (χ2v) is 6.20. The molecule has 2 heterocycles. The molecule has 0 radical (unpaired) electrons. The van der Waals surface area contributed by atoms with Crippen LogP contribution >= 0.6 is 11.3 Å². The number of ether oxygens (including phenoxy) is 2. The molecule has 0 amide bonds. The minimum atomic E-state index is 0.578. The fourth-order valence-corrected chi connectivity index (χ4v) is 2.78. The first-order valence-corrected chi connectivity index (χ1v) is 8.44. The van der Waals surface area contributed by atoms with Gasteiger partial charge in [0, 0.05) is 6.54 Å². The van der Waals surface area contributed by atoms with Crippen LogP contribution in [-0.4, -0.2) is 42.3 Å². The molecule has 126 valence electrons. The van der Waals surface area contributed by atoms with Crippen LogP contribution < -0.4 is 9.47 Å². The second kappa shape index (κ2) is 7.94. The molecule has 6 nitrogen and oxygen atoms in total. The third kappa shape index (κ3) is 4.33. The van der Waals surface area contributed by atoms with Crippen LogP contribution in [0, 0.1) is 0 Å². The Morgan fingerprint density at radius 3 is 2.67 bits per heavy atom. The fraction of sp³-hybridized carbons (Fsp3) is 0.294. The van der Waals surface area contributed by atoms with E-state index in [1.807, 2.05) is 48.8 Å². The average Bonchev–Trinajstić information content (AvgIpc) is 3.27. The molecule has 0 aliphatic carbocycles. The highest BCUT2D eigenvalue weighted by Gasteiger charge is 2.11. The lowest BCUT2D eigenvalue weighted by atomic mass is 10.3. The highest BCUT2D eigenvalue weighted by Crippen LogP contribution is 2.21. The van der Waals surface area contributed by atoms with E-state index >= 15 is 0 Å². The Bertz CT molecular complexity index is 741. The number of rotatable bonds is 8. The van der Waals surface area contributed by atoms with Crippen molar-refractivity contribution in [2.75, 3.05) is 27.3 Å². The third-order valence-electron chi connectivity index (χ3n) is 3.42. The summed E-state index contributed by atoms with van der Waals surface area (Å²) in [7, 11) is 3.64. The highest BCUT2D eigenvalue weighted by atomic mass is 32.1. The third-order valence-corrected chi connectivity index (χ3v) is 4.28. The maximum atomic E-state index is 5.72. The minimum absolute atomic E-state index is 0.578. The molecule has 2 aromatic heterocycles. The molecular formula is C17H19N3O3S. The monoisotopic (exact) mass is 345 g/mol. The van der Waals surface area contributed by atoms with Gasteiger partial charge < -0.3 is 14.0 Å². The Balaban J connectivity index is 1.44. The number of hydrogen-bond donors (Lipinski definition) is 0. The zero-order valence-corrected chi connectivity index (χ0v) is 14.5. The molecule has 0 aliphatic rings. The molecule has 7 heteroatoms. The van der Waals surface area contributed by atoms with Crippen LogP contribution in [0.25, 0.3) is 10.7 Å². The minimum Gasteiger partial charge on any atom is -0.497 e. The summed E-state index contributed by atoms with van der Waals surface area (Å²) in [6.45, 7) is 1.92. The van der Waals surface area contributed by atoms with Gasteiger partial charge in [-0.15, -0.1) is 11.3 Å². The van der Waals surface area contributed by atoms with E-state index in [2.05, 4.69) is 15.0 Å². The van der Waals surface area contributed by atoms with Crippen molar-refractivity contribution in [1.29, 1.82) is 0 Å². The summed E-state index contributed by atoms with van der Waals surface area (Å²) in [6, 6.07) is 11.5. The number of likely N-dealkylation sites (N-methyl/N-ethyl adjacent to an activating group) is 1. The van der Waals surface area contributed by atoms with Gasteiger partial charge in [0.25, 0.3) is 0 Å². The van der Waals surface area contributed by atoms with E-state index in [0.717, 1.165) is 22.9 Å². The molecule has 0 bridgehead atoms. The number of aromatic nitrogens is 2. The maximum Gasteiger partial charge on any atom is 0.241 e. The molecule has 3 rings (SSSR count). The normalized spacial score (nSPS) is 11.0. The predicted octanol–water partition coefficient (Wildman–Crippen LogP) is 3.32. The van der Waals surface area contributed by atoms with Crippen molar-refractivity contribution in [1.82, 2.24) is 15.0 Å². The Morgan fingerprint density at radius 1 is 1.17 bits per heavy atom. The summed E-state index contributed by atoms with van der Waals surface area (Å²) in [5.41, 5.74) is 0. The molecule has 1 aromatic carbocycles. The van der Waals surface area contributed by atoms with Crippen molar-refractivity contribution in [2.45, 2.75) is 6.54 Å². The summed E-state index contributed by atoms with van der Waals surface area (Å²) < 4.78 is 16.1. The molecule has 0 atom stereocenters. The molecule has 0 saturated heterocycles. The predicted molar refractivity (Wildman–Crippen MR) is 92.4 cm³/mol. The van der Waals surface area contributed by atoms with Crippen molar-refractivity contribution in [3.8, 4) is 22.2 Å². The lowest BCUT2D eigenvalue weighted by Gasteiger charge is -2.14. The van der Waals surface area contributed by atoms with E-state index in [1.165, 1.54) is 0 Å². The molecule has 0 saturated carbocycles. The van der Waals surface area contributed by atoms with Gasteiger partial charge in [-0.25, -0.2) is 0 Å². The summed E-state index contributed by atoms with van der Waals surface area (Å²) in [5, 5.41) is 6.00. The van der Waals surface area contributed by atoms with Crippen molar-refractivity contribution in [3.05, 3.63) is 47.7 Å². The van der Waals surface area contributed by atoms with Crippen LogP contribution in [0.5, 0.6) is 11.5 Å². The number of methoxy groups -OCH3 is 1. The zero-order valence-electron chi connectivity index (χ0n) is 13.6. The Kier molecular flexibility index (Phi) is 5.45. The summed E-state index contributed by atoms with van der Waals surface area (Å²) in [6.07, 6.45) is 0. The molecule has 0 unspecified atom stereocenters. The van der Waals surface area contributed by atoms with Crippen molar-refractivity contribution in [2.24, 2.45) is 0 Å². The first kappa shape index (κ1) is 16.5. The molecule has 0 spiro atoms. The first-order valence-electron chi connectivity index (χ1n) is 7.56. The summed E-state index contributed by atoms with van der Waals surface area (Å²) >= 11 is 1.59. The smallest absolute Gasteiger partial charge is 0.241 e. The quantitative estimate of drug-likeness (QED) is 0.624. The zero-order chi connectivity index (χ0) is 16.8. The molecular weight excluding hydrogens is 326 g/mol. The van der Waals surface area contributed by atoms with Gasteiger partial charge in [-0.05, 0) is 42.8 Å². The van der Waals surface area contributed by atoms with Crippen LogP contribution in [0.3, 0.4) is 0 Å². The summed E-state index contributed by atoms with van der Waals surface area (Å²) in [4.78, 5) is 7.50. The fourth-order valence-electron chi connectivity index (χ4n) is 2.13. The van der Waals surface area contributed by atoms with Gasteiger partial charge >= 0.3 is 0 Å². The van der Waals surface area contributed by atoms with Crippen molar-refractivity contribution >= 4 is 11.3 Å². The van der Waals surface area contributed by atoms with Gasteiger partial charge in [-0.2, -0.15) is 4.98 Å².